The lowest BCUT2D eigenvalue weighted by Gasteiger charge is -2.10. The van der Waals surface area contributed by atoms with Crippen LogP contribution in [0.3, 0.4) is 0 Å². The van der Waals surface area contributed by atoms with Crippen molar-refractivity contribution in [2.45, 2.75) is 51.2 Å². The molecule has 2 heterocycles. The van der Waals surface area contributed by atoms with Crippen molar-refractivity contribution < 1.29 is 9.53 Å². The number of nitrogens with one attached hydrogen (secondary N) is 1. The van der Waals surface area contributed by atoms with Gasteiger partial charge in [0.25, 0.3) is 0 Å². The van der Waals surface area contributed by atoms with Crippen LogP contribution in [0.2, 0.25) is 0 Å². The molecule has 6 heteroatoms. The topological polar surface area (TPSA) is 56.2 Å². The van der Waals surface area contributed by atoms with Gasteiger partial charge in [-0.2, -0.15) is 0 Å². The van der Waals surface area contributed by atoms with E-state index in [0.717, 1.165) is 66.4 Å². The zero-order chi connectivity index (χ0) is 18.4. The van der Waals surface area contributed by atoms with Gasteiger partial charge in [0.1, 0.15) is 11.9 Å². The summed E-state index contributed by atoms with van der Waals surface area (Å²) in [4.78, 5) is 16.7. The van der Waals surface area contributed by atoms with Gasteiger partial charge in [0, 0.05) is 24.1 Å². The summed E-state index contributed by atoms with van der Waals surface area (Å²) in [6, 6.07) is 8.20. The minimum absolute atomic E-state index is 0.0418. The lowest BCUT2D eigenvalue weighted by molar-refractivity contribution is -0.130. The molecule has 0 spiro atoms. The van der Waals surface area contributed by atoms with Crippen LogP contribution >= 0.6 is 15.9 Å². The first-order valence-corrected chi connectivity index (χ1v) is 10.1. The Morgan fingerprint density at radius 3 is 2.96 bits per heavy atom. The van der Waals surface area contributed by atoms with E-state index in [9.17, 15) is 4.79 Å². The summed E-state index contributed by atoms with van der Waals surface area (Å²) < 4.78 is 8.56. The van der Waals surface area contributed by atoms with E-state index in [-0.39, 0.29) is 12.0 Å². The van der Waals surface area contributed by atoms with E-state index in [1.807, 2.05) is 18.2 Å². The maximum atomic E-state index is 11.9. The Hall–Kier alpha value is -1.66. The number of benzene rings is 1. The van der Waals surface area contributed by atoms with Gasteiger partial charge in [-0.1, -0.05) is 41.1 Å². The Bertz CT molecular complexity index is 766. The van der Waals surface area contributed by atoms with Gasteiger partial charge in [-0.15, -0.1) is 0 Å². The van der Waals surface area contributed by atoms with E-state index in [0.29, 0.717) is 13.2 Å². The van der Waals surface area contributed by atoms with Crippen LogP contribution in [0.4, 0.5) is 0 Å². The number of fused-ring (bicyclic) bond motifs is 1. The normalized spacial score (nSPS) is 16.9. The number of aryl methyl sites for hydroxylation is 1. The molecular weight excluding hydrogens is 394 g/mol. The fourth-order valence-corrected chi connectivity index (χ4v) is 3.61. The number of para-hydroxylation sites is 2. The highest BCUT2D eigenvalue weighted by atomic mass is 79.9. The second-order valence-corrected chi connectivity index (χ2v) is 7.84. The SMILES string of the molecule is C=C(Br)Cn1c(CCCCCNC(=O)C2CCCO2)nc2ccccc21. The number of carbonyl (C=O) groups is 1. The molecule has 3 rings (SSSR count). The molecule has 1 N–H and O–H groups in total. The third kappa shape index (κ3) is 4.95. The van der Waals surface area contributed by atoms with E-state index in [2.05, 4.69) is 38.5 Å². The number of amides is 1. The molecule has 1 aliphatic heterocycles. The molecule has 0 saturated carbocycles. The second-order valence-electron chi connectivity index (χ2n) is 6.72. The zero-order valence-corrected chi connectivity index (χ0v) is 16.6. The van der Waals surface area contributed by atoms with Gasteiger partial charge in [0.05, 0.1) is 17.6 Å². The number of hydrogen-bond donors (Lipinski definition) is 1. The van der Waals surface area contributed by atoms with Crippen LogP contribution in [-0.2, 0) is 22.5 Å². The van der Waals surface area contributed by atoms with Gasteiger partial charge in [0.2, 0.25) is 5.91 Å². The molecule has 1 unspecified atom stereocenters. The van der Waals surface area contributed by atoms with Gasteiger partial charge in [-0.3, -0.25) is 4.79 Å². The van der Waals surface area contributed by atoms with E-state index < -0.39 is 0 Å². The molecule has 0 radical (unpaired) electrons. The summed E-state index contributed by atoms with van der Waals surface area (Å²) in [5, 5.41) is 2.98. The summed E-state index contributed by atoms with van der Waals surface area (Å²) in [5.41, 5.74) is 2.17. The smallest absolute Gasteiger partial charge is 0.249 e. The Labute approximate surface area is 162 Å². The fraction of sp³-hybridized carbons (Fsp3) is 0.500. The van der Waals surface area contributed by atoms with Crippen molar-refractivity contribution in [1.82, 2.24) is 14.9 Å². The first-order chi connectivity index (χ1) is 12.6. The Kier molecular flexibility index (Phi) is 6.86. The molecule has 5 nitrogen and oxygen atoms in total. The van der Waals surface area contributed by atoms with Gasteiger partial charge >= 0.3 is 0 Å². The average Bonchev–Trinajstić information content (AvgIpc) is 3.26. The average molecular weight is 420 g/mol. The number of nitrogens with zero attached hydrogens (tertiary/aromatic N) is 2. The standard InChI is InChI=1S/C20H26BrN3O2/c1-15(21)14-24-17-9-5-4-8-16(17)23-19(24)11-3-2-6-12-22-20(25)18-10-7-13-26-18/h4-5,8-9,18H,1-3,6-7,10-14H2,(H,22,25). The van der Waals surface area contributed by atoms with Crippen molar-refractivity contribution in [2.75, 3.05) is 13.2 Å². The third-order valence-corrected chi connectivity index (χ3v) is 4.91. The quantitative estimate of drug-likeness (QED) is 0.625. The summed E-state index contributed by atoms with van der Waals surface area (Å²) in [7, 11) is 0. The molecule has 1 aromatic carbocycles. The Balaban J connectivity index is 1.45. The Morgan fingerprint density at radius 1 is 1.35 bits per heavy atom. The number of aromatic nitrogens is 2. The number of carbonyl (C=O) groups excluding carboxylic acids is 1. The van der Waals surface area contributed by atoms with E-state index in [1.54, 1.807) is 0 Å². The van der Waals surface area contributed by atoms with E-state index in [1.165, 1.54) is 0 Å². The highest BCUT2D eigenvalue weighted by Gasteiger charge is 2.22. The summed E-state index contributed by atoms with van der Waals surface area (Å²) in [6.07, 6.45) is 5.62. The predicted octanol–water partition coefficient (Wildman–Crippen LogP) is 3.95. The molecule has 1 amide bonds. The summed E-state index contributed by atoms with van der Waals surface area (Å²) in [5.74, 6) is 1.13. The van der Waals surface area contributed by atoms with Crippen LogP contribution < -0.4 is 5.32 Å². The maximum absolute atomic E-state index is 11.9. The Morgan fingerprint density at radius 2 is 2.19 bits per heavy atom. The number of hydrogen-bond acceptors (Lipinski definition) is 3. The number of rotatable bonds is 9. The second kappa shape index (κ2) is 9.33. The lowest BCUT2D eigenvalue weighted by atomic mass is 10.2. The number of ether oxygens (including phenoxy) is 1. The van der Waals surface area contributed by atoms with Gasteiger partial charge in [-0.05, 0) is 37.8 Å². The molecular formula is C20H26BrN3O2. The van der Waals surface area contributed by atoms with E-state index >= 15 is 0 Å². The molecule has 26 heavy (non-hydrogen) atoms. The van der Waals surface area contributed by atoms with E-state index in [4.69, 9.17) is 9.72 Å². The van der Waals surface area contributed by atoms with Gasteiger partial charge in [0.15, 0.2) is 0 Å². The minimum Gasteiger partial charge on any atom is -0.368 e. The van der Waals surface area contributed by atoms with Crippen molar-refractivity contribution in [3.05, 3.63) is 41.2 Å². The minimum atomic E-state index is -0.229. The first kappa shape index (κ1) is 19.1. The van der Waals surface area contributed by atoms with Crippen LogP contribution in [-0.4, -0.2) is 34.7 Å². The highest BCUT2D eigenvalue weighted by Crippen LogP contribution is 2.20. The molecule has 1 saturated heterocycles. The van der Waals surface area contributed by atoms with Gasteiger partial charge < -0.3 is 14.6 Å². The first-order valence-electron chi connectivity index (χ1n) is 9.32. The molecule has 1 aromatic heterocycles. The molecule has 0 bridgehead atoms. The van der Waals surface area contributed by atoms with Crippen LogP contribution in [0.25, 0.3) is 11.0 Å². The van der Waals surface area contributed by atoms with Crippen LogP contribution in [0.5, 0.6) is 0 Å². The lowest BCUT2D eigenvalue weighted by Crippen LogP contribution is -2.34. The monoisotopic (exact) mass is 419 g/mol. The van der Waals surface area contributed by atoms with Crippen molar-refractivity contribution >= 4 is 32.9 Å². The van der Waals surface area contributed by atoms with Crippen LogP contribution in [0, 0.1) is 0 Å². The summed E-state index contributed by atoms with van der Waals surface area (Å²) in [6.45, 7) is 6.12. The van der Waals surface area contributed by atoms with Gasteiger partial charge in [-0.25, -0.2) is 4.98 Å². The molecule has 2 aromatic rings. The molecule has 1 atom stereocenters. The summed E-state index contributed by atoms with van der Waals surface area (Å²) >= 11 is 3.47. The van der Waals surface area contributed by atoms with Crippen LogP contribution in [0.15, 0.2) is 35.3 Å². The predicted molar refractivity (Wildman–Crippen MR) is 107 cm³/mol. The zero-order valence-electron chi connectivity index (χ0n) is 15.0. The van der Waals surface area contributed by atoms with Crippen molar-refractivity contribution in [3.63, 3.8) is 0 Å². The van der Waals surface area contributed by atoms with Crippen LogP contribution in [0.1, 0.15) is 37.9 Å². The molecule has 0 aliphatic carbocycles. The number of unbranched alkanes of at least 4 members (excludes halogenated alkanes) is 2. The molecule has 1 aliphatic rings. The number of allylic oxidation sites excluding steroid dienone is 1. The third-order valence-electron chi connectivity index (χ3n) is 4.66. The molecule has 140 valence electrons. The highest BCUT2D eigenvalue weighted by molar-refractivity contribution is 9.11. The number of imidazole rings is 1. The van der Waals surface area contributed by atoms with Crippen molar-refractivity contribution in [3.8, 4) is 0 Å². The largest absolute Gasteiger partial charge is 0.368 e. The molecule has 1 fully saturated rings. The fourth-order valence-electron chi connectivity index (χ4n) is 3.36. The van der Waals surface area contributed by atoms with Crippen molar-refractivity contribution in [2.24, 2.45) is 0 Å². The maximum Gasteiger partial charge on any atom is 0.249 e. The number of halogens is 1. The van der Waals surface area contributed by atoms with Crippen molar-refractivity contribution in [1.29, 1.82) is 0 Å².